The largest absolute Gasteiger partial charge is 0.323 e. The lowest BCUT2D eigenvalue weighted by atomic mass is 10.0. The summed E-state index contributed by atoms with van der Waals surface area (Å²) in [4.78, 5) is 0. The van der Waals surface area contributed by atoms with Gasteiger partial charge in [-0.2, -0.15) is 0 Å². The molecule has 0 saturated carbocycles. The highest BCUT2D eigenvalue weighted by atomic mass is 79.9. The first-order valence-corrected chi connectivity index (χ1v) is 7.37. The summed E-state index contributed by atoms with van der Waals surface area (Å²) in [6.07, 6.45) is 1.09. The van der Waals surface area contributed by atoms with Crippen LogP contribution in [0.2, 0.25) is 0 Å². The molecule has 0 aliphatic rings. The van der Waals surface area contributed by atoms with Crippen molar-refractivity contribution in [2.45, 2.75) is 18.2 Å². The predicted molar refractivity (Wildman–Crippen MR) is 65.3 cm³/mol. The topological polar surface area (TPSA) is 60.2 Å². The fourth-order valence-corrected chi connectivity index (χ4v) is 2.35. The van der Waals surface area contributed by atoms with Crippen LogP contribution < -0.4 is 5.73 Å². The predicted octanol–water partition coefficient (Wildman–Crippen LogP) is 2.02. The fraction of sp³-hybridized carbons (Fsp3) is 0.400. The second-order valence-electron chi connectivity index (χ2n) is 3.73. The summed E-state index contributed by atoms with van der Waals surface area (Å²) >= 11 is 3.19. The van der Waals surface area contributed by atoms with Crippen molar-refractivity contribution >= 4 is 25.8 Å². The molecule has 1 aromatic carbocycles. The SMILES string of the molecule is CC(C(N)c1cc(Br)ccc1F)S(C)(=O)=O. The minimum atomic E-state index is -3.29. The van der Waals surface area contributed by atoms with E-state index < -0.39 is 26.9 Å². The number of nitrogens with two attached hydrogens (primary N) is 1. The van der Waals surface area contributed by atoms with Crippen LogP contribution >= 0.6 is 15.9 Å². The van der Waals surface area contributed by atoms with Crippen LogP contribution in [0.1, 0.15) is 18.5 Å². The maximum atomic E-state index is 13.5. The van der Waals surface area contributed by atoms with E-state index in [0.717, 1.165) is 6.26 Å². The summed E-state index contributed by atoms with van der Waals surface area (Å²) in [5, 5.41) is -0.823. The molecule has 2 N–H and O–H groups in total. The van der Waals surface area contributed by atoms with Crippen molar-refractivity contribution in [3.63, 3.8) is 0 Å². The first kappa shape index (κ1) is 13.6. The summed E-state index contributed by atoms with van der Waals surface area (Å²) in [6.45, 7) is 1.47. The Kier molecular flexibility index (Phi) is 4.09. The van der Waals surface area contributed by atoms with Crippen LogP contribution in [0.5, 0.6) is 0 Å². The van der Waals surface area contributed by atoms with Gasteiger partial charge >= 0.3 is 0 Å². The van der Waals surface area contributed by atoms with Gasteiger partial charge in [-0.25, -0.2) is 12.8 Å². The fourth-order valence-electron chi connectivity index (χ4n) is 1.29. The Morgan fingerprint density at radius 1 is 1.44 bits per heavy atom. The molecule has 0 fully saturated rings. The van der Waals surface area contributed by atoms with Gasteiger partial charge in [-0.15, -0.1) is 0 Å². The van der Waals surface area contributed by atoms with E-state index in [4.69, 9.17) is 5.73 Å². The standard InChI is InChI=1S/C10H13BrFNO2S/c1-6(16(2,14)15)10(13)8-5-7(11)3-4-9(8)12/h3-6,10H,13H2,1-2H3. The van der Waals surface area contributed by atoms with Crippen LogP contribution in [0.25, 0.3) is 0 Å². The number of rotatable bonds is 3. The highest BCUT2D eigenvalue weighted by Crippen LogP contribution is 2.24. The van der Waals surface area contributed by atoms with E-state index in [2.05, 4.69) is 15.9 Å². The van der Waals surface area contributed by atoms with Crippen LogP contribution in [-0.2, 0) is 9.84 Å². The molecule has 90 valence electrons. The van der Waals surface area contributed by atoms with Crippen LogP contribution in [0.3, 0.4) is 0 Å². The molecule has 0 aliphatic heterocycles. The average molecular weight is 310 g/mol. The minimum Gasteiger partial charge on any atom is -0.323 e. The van der Waals surface area contributed by atoms with Crippen molar-refractivity contribution in [1.29, 1.82) is 0 Å². The van der Waals surface area contributed by atoms with Crippen molar-refractivity contribution in [1.82, 2.24) is 0 Å². The normalized spacial score (nSPS) is 15.8. The summed E-state index contributed by atoms with van der Waals surface area (Å²) < 4.78 is 36.8. The molecule has 0 saturated heterocycles. The Labute approximate surface area is 103 Å². The van der Waals surface area contributed by atoms with Crippen molar-refractivity contribution in [2.75, 3.05) is 6.26 Å². The molecule has 16 heavy (non-hydrogen) atoms. The zero-order chi connectivity index (χ0) is 12.5. The van der Waals surface area contributed by atoms with Gasteiger partial charge < -0.3 is 5.73 Å². The van der Waals surface area contributed by atoms with Gasteiger partial charge in [0.2, 0.25) is 0 Å². The summed E-state index contributed by atoms with van der Waals surface area (Å²) in [7, 11) is -3.29. The zero-order valence-electron chi connectivity index (χ0n) is 8.94. The number of hydrogen-bond acceptors (Lipinski definition) is 3. The van der Waals surface area contributed by atoms with Crippen LogP contribution in [-0.4, -0.2) is 19.9 Å². The van der Waals surface area contributed by atoms with E-state index in [1.54, 1.807) is 0 Å². The van der Waals surface area contributed by atoms with Gasteiger partial charge in [0.1, 0.15) is 5.82 Å². The maximum absolute atomic E-state index is 13.5. The van der Waals surface area contributed by atoms with Crippen molar-refractivity contribution in [3.05, 3.63) is 34.1 Å². The van der Waals surface area contributed by atoms with Crippen LogP contribution in [0.4, 0.5) is 4.39 Å². The van der Waals surface area contributed by atoms with E-state index in [9.17, 15) is 12.8 Å². The number of halogens is 2. The number of hydrogen-bond donors (Lipinski definition) is 1. The molecule has 2 atom stereocenters. The lowest BCUT2D eigenvalue weighted by Gasteiger charge is -2.19. The van der Waals surface area contributed by atoms with Gasteiger partial charge in [0, 0.05) is 22.3 Å². The van der Waals surface area contributed by atoms with Gasteiger partial charge in [-0.3, -0.25) is 0 Å². The Bertz CT molecular complexity index is 490. The van der Waals surface area contributed by atoms with Crippen LogP contribution in [0, 0.1) is 5.82 Å². The van der Waals surface area contributed by atoms with E-state index in [1.165, 1.54) is 25.1 Å². The molecule has 0 heterocycles. The molecule has 0 spiro atoms. The van der Waals surface area contributed by atoms with Gasteiger partial charge in [0.05, 0.1) is 5.25 Å². The third-order valence-electron chi connectivity index (χ3n) is 2.50. The smallest absolute Gasteiger partial charge is 0.151 e. The summed E-state index contributed by atoms with van der Waals surface area (Å²) in [6, 6.07) is 3.43. The number of benzene rings is 1. The molecule has 6 heteroatoms. The Hall–Kier alpha value is -0.460. The molecule has 0 radical (unpaired) electrons. The third-order valence-corrected chi connectivity index (χ3v) is 4.64. The number of sulfone groups is 1. The molecule has 1 aromatic rings. The van der Waals surface area contributed by atoms with E-state index >= 15 is 0 Å². The lowest BCUT2D eigenvalue weighted by molar-refractivity contribution is 0.549. The molecule has 1 rings (SSSR count). The second kappa shape index (κ2) is 4.81. The molecule has 2 unspecified atom stereocenters. The quantitative estimate of drug-likeness (QED) is 0.929. The summed E-state index contributed by atoms with van der Waals surface area (Å²) in [5.74, 6) is -0.494. The molecule has 0 aliphatic carbocycles. The van der Waals surface area contributed by atoms with Crippen molar-refractivity contribution < 1.29 is 12.8 Å². The molecule has 3 nitrogen and oxygen atoms in total. The molecule has 0 amide bonds. The monoisotopic (exact) mass is 309 g/mol. The molecular formula is C10H13BrFNO2S. The zero-order valence-corrected chi connectivity index (χ0v) is 11.3. The molecule has 0 aromatic heterocycles. The Morgan fingerprint density at radius 3 is 2.50 bits per heavy atom. The first-order valence-electron chi connectivity index (χ1n) is 4.63. The summed E-state index contributed by atoms with van der Waals surface area (Å²) in [5.41, 5.74) is 5.96. The van der Waals surface area contributed by atoms with Crippen molar-refractivity contribution in [2.24, 2.45) is 5.73 Å². The van der Waals surface area contributed by atoms with Gasteiger partial charge in [-0.05, 0) is 25.1 Å². The van der Waals surface area contributed by atoms with E-state index in [1.807, 2.05) is 0 Å². The molecule has 0 bridgehead atoms. The second-order valence-corrected chi connectivity index (χ2v) is 7.04. The van der Waals surface area contributed by atoms with Gasteiger partial charge in [0.15, 0.2) is 9.84 Å². The average Bonchev–Trinajstić information content (AvgIpc) is 2.18. The van der Waals surface area contributed by atoms with Gasteiger partial charge in [0.25, 0.3) is 0 Å². The Balaban J connectivity index is 3.14. The highest BCUT2D eigenvalue weighted by molar-refractivity contribution is 9.10. The molecular weight excluding hydrogens is 297 g/mol. The maximum Gasteiger partial charge on any atom is 0.151 e. The Morgan fingerprint density at radius 2 is 2.00 bits per heavy atom. The van der Waals surface area contributed by atoms with Crippen LogP contribution in [0.15, 0.2) is 22.7 Å². The van der Waals surface area contributed by atoms with E-state index in [-0.39, 0.29) is 5.56 Å². The van der Waals surface area contributed by atoms with Crippen molar-refractivity contribution in [3.8, 4) is 0 Å². The lowest BCUT2D eigenvalue weighted by Crippen LogP contribution is -2.31. The first-order chi connectivity index (χ1) is 7.23. The van der Waals surface area contributed by atoms with E-state index in [0.29, 0.717) is 4.47 Å². The third kappa shape index (κ3) is 3.02. The highest BCUT2D eigenvalue weighted by Gasteiger charge is 2.26. The minimum absolute atomic E-state index is 0.201. The van der Waals surface area contributed by atoms with Gasteiger partial charge in [-0.1, -0.05) is 15.9 Å².